The van der Waals surface area contributed by atoms with Gasteiger partial charge in [0.25, 0.3) is 0 Å². The van der Waals surface area contributed by atoms with Gasteiger partial charge in [-0.25, -0.2) is 9.78 Å². The van der Waals surface area contributed by atoms with E-state index in [-0.39, 0.29) is 6.61 Å². The van der Waals surface area contributed by atoms with Crippen LogP contribution < -0.4 is 4.90 Å². The average molecular weight is 365 g/mol. The zero-order valence-corrected chi connectivity index (χ0v) is 14.7. The molecule has 0 bridgehead atoms. The van der Waals surface area contributed by atoms with Crippen LogP contribution in [0, 0.1) is 0 Å². The summed E-state index contributed by atoms with van der Waals surface area (Å²) in [5.41, 5.74) is 2.05. The lowest BCUT2D eigenvalue weighted by atomic mass is 10.1. The lowest BCUT2D eigenvalue weighted by molar-refractivity contribution is 0.0437. The minimum Gasteiger partial charge on any atom is -0.454 e. The van der Waals surface area contributed by atoms with Crippen LogP contribution in [0.1, 0.15) is 16.1 Å². The topological polar surface area (TPSA) is 77.7 Å². The minimum atomic E-state index is -0.450. The molecule has 0 saturated carbocycles. The minimum absolute atomic E-state index is 0.0177. The second-order valence-electron chi connectivity index (χ2n) is 6.13. The van der Waals surface area contributed by atoms with E-state index in [1.54, 1.807) is 12.1 Å². The standard InChI is InChI=1S/C20H19N3O4/c24-20(16-6-7-19(21-13-16)23-8-10-25-11-9-23)26-14-17-12-18(22-27-17)15-4-2-1-3-5-15/h1-7,12-13H,8-11,14H2. The number of morpholine rings is 1. The molecule has 0 radical (unpaired) electrons. The van der Waals surface area contributed by atoms with Crippen LogP contribution in [0.5, 0.6) is 0 Å². The van der Waals surface area contributed by atoms with Gasteiger partial charge in [0.15, 0.2) is 12.4 Å². The maximum absolute atomic E-state index is 12.2. The number of hydrogen-bond acceptors (Lipinski definition) is 7. The Bertz CT molecular complexity index is 887. The number of esters is 1. The number of hydrogen-bond donors (Lipinski definition) is 0. The van der Waals surface area contributed by atoms with E-state index >= 15 is 0 Å². The van der Waals surface area contributed by atoms with Gasteiger partial charge in [-0.2, -0.15) is 0 Å². The molecule has 0 amide bonds. The lowest BCUT2D eigenvalue weighted by Crippen LogP contribution is -2.36. The Balaban J connectivity index is 1.35. The summed E-state index contributed by atoms with van der Waals surface area (Å²) in [7, 11) is 0. The van der Waals surface area contributed by atoms with Crippen LogP contribution in [0.25, 0.3) is 11.3 Å². The highest BCUT2D eigenvalue weighted by Crippen LogP contribution is 2.19. The fourth-order valence-corrected chi connectivity index (χ4v) is 2.83. The number of nitrogens with zero attached hydrogens (tertiary/aromatic N) is 3. The third kappa shape index (κ3) is 4.15. The first-order valence-corrected chi connectivity index (χ1v) is 8.76. The van der Waals surface area contributed by atoms with Crippen LogP contribution >= 0.6 is 0 Å². The maximum Gasteiger partial charge on any atom is 0.340 e. The highest BCUT2D eigenvalue weighted by molar-refractivity contribution is 5.89. The third-order valence-electron chi connectivity index (χ3n) is 4.29. The molecule has 27 heavy (non-hydrogen) atoms. The van der Waals surface area contributed by atoms with Crippen molar-refractivity contribution in [1.29, 1.82) is 0 Å². The van der Waals surface area contributed by atoms with Gasteiger partial charge in [0.05, 0.1) is 18.8 Å². The van der Waals surface area contributed by atoms with Crippen molar-refractivity contribution in [3.63, 3.8) is 0 Å². The average Bonchev–Trinajstić information content (AvgIpc) is 3.22. The Morgan fingerprint density at radius 2 is 1.93 bits per heavy atom. The number of rotatable bonds is 5. The largest absolute Gasteiger partial charge is 0.454 e. The first kappa shape index (κ1) is 17.2. The van der Waals surface area contributed by atoms with Crippen LogP contribution in [0.2, 0.25) is 0 Å². The molecular weight excluding hydrogens is 346 g/mol. The Hall–Kier alpha value is -3.19. The Morgan fingerprint density at radius 3 is 2.67 bits per heavy atom. The van der Waals surface area contributed by atoms with Crippen molar-refractivity contribution in [2.75, 3.05) is 31.2 Å². The molecule has 3 heterocycles. The van der Waals surface area contributed by atoms with Crippen molar-refractivity contribution in [2.24, 2.45) is 0 Å². The van der Waals surface area contributed by atoms with E-state index in [2.05, 4.69) is 15.0 Å². The van der Waals surface area contributed by atoms with Crippen molar-refractivity contribution in [1.82, 2.24) is 10.1 Å². The van der Waals surface area contributed by atoms with Crippen molar-refractivity contribution < 1.29 is 18.8 Å². The summed E-state index contributed by atoms with van der Waals surface area (Å²) < 4.78 is 15.9. The van der Waals surface area contributed by atoms with Gasteiger partial charge in [-0.3, -0.25) is 0 Å². The first-order chi connectivity index (χ1) is 13.3. The number of anilines is 1. The van der Waals surface area contributed by atoms with Crippen LogP contribution in [0.4, 0.5) is 5.82 Å². The third-order valence-corrected chi connectivity index (χ3v) is 4.29. The molecule has 0 N–H and O–H groups in total. The molecule has 1 fully saturated rings. The molecule has 7 nitrogen and oxygen atoms in total. The Labute approximate surface area is 156 Å². The number of carbonyl (C=O) groups excluding carboxylic acids is 1. The second kappa shape index (κ2) is 8.01. The predicted octanol–water partition coefficient (Wildman–Crippen LogP) is 2.93. The van der Waals surface area contributed by atoms with Crippen LogP contribution in [0.3, 0.4) is 0 Å². The molecule has 0 spiro atoms. The molecule has 0 atom stereocenters. The summed E-state index contributed by atoms with van der Waals surface area (Å²) in [6.45, 7) is 2.99. The van der Waals surface area contributed by atoms with E-state index in [0.717, 1.165) is 24.5 Å². The molecular formula is C20H19N3O4. The van der Waals surface area contributed by atoms with Gasteiger partial charge in [0, 0.05) is 30.9 Å². The van der Waals surface area contributed by atoms with Crippen LogP contribution in [0.15, 0.2) is 59.3 Å². The highest BCUT2D eigenvalue weighted by atomic mass is 16.5. The Morgan fingerprint density at radius 1 is 1.11 bits per heavy atom. The van der Waals surface area contributed by atoms with E-state index in [9.17, 15) is 4.79 Å². The van der Waals surface area contributed by atoms with Crippen molar-refractivity contribution >= 4 is 11.8 Å². The van der Waals surface area contributed by atoms with E-state index < -0.39 is 5.97 Å². The molecule has 1 saturated heterocycles. The van der Waals surface area contributed by atoms with Crippen molar-refractivity contribution in [3.8, 4) is 11.3 Å². The van der Waals surface area contributed by atoms with E-state index in [1.807, 2.05) is 36.4 Å². The Kier molecular flexibility index (Phi) is 5.11. The zero-order chi connectivity index (χ0) is 18.5. The van der Waals surface area contributed by atoms with Crippen molar-refractivity contribution in [2.45, 2.75) is 6.61 Å². The molecule has 7 heteroatoms. The summed E-state index contributed by atoms with van der Waals surface area (Å²) in [4.78, 5) is 18.7. The van der Waals surface area contributed by atoms with E-state index in [0.29, 0.717) is 30.2 Å². The van der Waals surface area contributed by atoms with Gasteiger partial charge in [-0.1, -0.05) is 35.5 Å². The van der Waals surface area contributed by atoms with Gasteiger partial charge in [0.2, 0.25) is 0 Å². The molecule has 0 unspecified atom stereocenters. The summed E-state index contributed by atoms with van der Waals surface area (Å²) in [5.74, 6) is 0.867. The van der Waals surface area contributed by atoms with Gasteiger partial charge in [0.1, 0.15) is 11.5 Å². The summed E-state index contributed by atoms with van der Waals surface area (Å²) in [6, 6.07) is 15.0. The predicted molar refractivity (Wildman–Crippen MR) is 98.3 cm³/mol. The molecule has 1 aromatic carbocycles. The number of ether oxygens (including phenoxy) is 2. The fourth-order valence-electron chi connectivity index (χ4n) is 2.83. The van der Waals surface area contributed by atoms with Gasteiger partial charge >= 0.3 is 5.97 Å². The SMILES string of the molecule is O=C(OCc1cc(-c2ccccc2)no1)c1ccc(N2CCOCC2)nc1. The van der Waals surface area contributed by atoms with Crippen LogP contribution in [-0.4, -0.2) is 42.4 Å². The molecule has 2 aromatic heterocycles. The van der Waals surface area contributed by atoms with Crippen LogP contribution in [-0.2, 0) is 16.1 Å². The van der Waals surface area contributed by atoms with E-state index in [1.165, 1.54) is 6.20 Å². The smallest absolute Gasteiger partial charge is 0.340 e. The molecule has 0 aliphatic carbocycles. The summed E-state index contributed by atoms with van der Waals surface area (Å²) >= 11 is 0. The fraction of sp³-hybridized carbons (Fsp3) is 0.250. The number of benzene rings is 1. The monoisotopic (exact) mass is 365 g/mol. The van der Waals surface area contributed by atoms with Gasteiger partial charge in [-0.15, -0.1) is 0 Å². The molecule has 138 valence electrons. The molecule has 1 aliphatic rings. The highest BCUT2D eigenvalue weighted by Gasteiger charge is 2.15. The summed E-state index contributed by atoms with van der Waals surface area (Å²) in [5, 5.41) is 4.01. The normalized spacial score (nSPS) is 14.1. The second-order valence-corrected chi connectivity index (χ2v) is 6.13. The molecule has 4 rings (SSSR count). The zero-order valence-electron chi connectivity index (χ0n) is 14.7. The number of aromatic nitrogens is 2. The maximum atomic E-state index is 12.2. The molecule has 3 aromatic rings. The summed E-state index contributed by atoms with van der Waals surface area (Å²) in [6.07, 6.45) is 1.53. The van der Waals surface area contributed by atoms with Gasteiger partial charge in [-0.05, 0) is 12.1 Å². The van der Waals surface area contributed by atoms with E-state index in [4.69, 9.17) is 14.0 Å². The lowest BCUT2D eigenvalue weighted by Gasteiger charge is -2.27. The first-order valence-electron chi connectivity index (χ1n) is 8.76. The number of pyridine rings is 1. The van der Waals surface area contributed by atoms with Crippen molar-refractivity contribution in [3.05, 3.63) is 66.1 Å². The number of carbonyl (C=O) groups is 1. The van der Waals surface area contributed by atoms with Gasteiger partial charge < -0.3 is 18.9 Å². The quantitative estimate of drug-likeness (QED) is 0.643. The molecule has 1 aliphatic heterocycles.